The highest BCUT2D eigenvalue weighted by Gasteiger charge is 2.32. The third-order valence-corrected chi connectivity index (χ3v) is 6.03. The molecular weight excluding hydrogens is 316 g/mol. The van der Waals surface area contributed by atoms with Gasteiger partial charge in [0.25, 0.3) is 0 Å². The zero-order chi connectivity index (χ0) is 18.1. The zero-order valence-corrected chi connectivity index (χ0v) is 15.7. The Kier molecular flexibility index (Phi) is 8.50. The molecule has 4 heteroatoms. The summed E-state index contributed by atoms with van der Waals surface area (Å²) in [6.07, 6.45) is 12.5. The van der Waals surface area contributed by atoms with E-state index in [0.717, 1.165) is 43.1 Å². The standard InChI is InChI=1S/C21H34O4/c1-3-20(22)24-14-4-5-15-25-21(23)19-12-10-18(11-13-19)17-8-6-16(2)7-9-17/h3,16-19H,1,4-15H2,2H3. The van der Waals surface area contributed by atoms with Crippen LogP contribution in [0.3, 0.4) is 0 Å². The summed E-state index contributed by atoms with van der Waals surface area (Å²) in [4.78, 5) is 23.1. The van der Waals surface area contributed by atoms with Gasteiger partial charge in [-0.3, -0.25) is 4.79 Å². The van der Waals surface area contributed by atoms with Gasteiger partial charge in [0.2, 0.25) is 0 Å². The second-order valence-electron chi connectivity index (χ2n) is 7.88. The first-order valence-electron chi connectivity index (χ1n) is 10.1. The fourth-order valence-corrected chi connectivity index (χ4v) is 4.31. The summed E-state index contributed by atoms with van der Waals surface area (Å²) < 4.78 is 10.3. The van der Waals surface area contributed by atoms with E-state index >= 15 is 0 Å². The topological polar surface area (TPSA) is 52.6 Å². The molecule has 2 aliphatic rings. The summed E-state index contributed by atoms with van der Waals surface area (Å²) in [5.74, 6) is 2.29. The van der Waals surface area contributed by atoms with E-state index in [-0.39, 0.29) is 11.9 Å². The molecule has 2 saturated carbocycles. The molecule has 0 aromatic carbocycles. The van der Waals surface area contributed by atoms with Crippen molar-refractivity contribution >= 4 is 11.9 Å². The number of rotatable bonds is 8. The highest BCUT2D eigenvalue weighted by Crippen LogP contribution is 2.41. The van der Waals surface area contributed by atoms with Gasteiger partial charge in [0.15, 0.2) is 0 Å². The highest BCUT2D eigenvalue weighted by atomic mass is 16.5. The van der Waals surface area contributed by atoms with Gasteiger partial charge < -0.3 is 9.47 Å². The normalized spacial score (nSPS) is 29.6. The van der Waals surface area contributed by atoms with Crippen LogP contribution < -0.4 is 0 Å². The van der Waals surface area contributed by atoms with Crippen LogP contribution in [0.4, 0.5) is 0 Å². The lowest BCUT2D eigenvalue weighted by molar-refractivity contribution is -0.150. The van der Waals surface area contributed by atoms with Crippen molar-refractivity contribution in [2.75, 3.05) is 13.2 Å². The van der Waals surface area contributed by atoms with Gasteiger partial charge in [-0.05, 0) is 69.1 Å². The maximum atomic E-state index is 12.2. The van der Waals surface area contributed by atoms with Gasteiger partial charge in [-0.25, -0.2) is 4.79 Å². The van der Waals surface area contributed by atoms with Crippen molar-refractivity contribution in [1.29, 1.82) is 0 Å². The Bertz CT molecular complexity index is 429. The van der Waals surface area contributed by atoms with Gasteiger partial charge in [-0.15, -0.1) is 0 Å². The van der Waals surface area contributed by atoms with Crippen molar-refractivity contribution in [3.8, 4) is 0 Å². The molecule has 0 bridgehead atoms. The molecule has 2 rings (SSSR count). The molecule has 0 saturated heterocycles. The molecule has 4 nitrogen and oxygen atoms in total. The van der Waals surface area contributed by atoms with Crippen LogP contribution in [-0.2, 0) is 19.1 Å². The molecule has 0 unspecified atom stereocenters. The van der Waals surface area contributed by atoms with Crippen LogP contribution in [-0.4, -0.2) is 25.2 Å². The van der Waals surface area contributed by atoms with Gasteiger partial charge in [0, 0.05) is 6.08 Å². The Morgan fingerprint density at radius 1 is 0.880 bits per heavy atom. The number of carbonyl (C=O) groups excluding carboxylic acids is 2. The number of carbonyl (C=O) groups is 2. The number of unbranched alkanes of at least 4 members (excludes halogenated alkanes) is 1. The van der Waals surface area contributed by atoms with Crippen molar-refractivity contribution in [2.24, 2.45) is 23.7 Å². The minimum absolute atomic E-state index is 0.0289. The third kappa shape index (κ3) is 6.83. The maximum Gasteiger partial charge on any atom is 0.330 e. The predicted octanol–water partition coefficient (Wildman–Crippen LogP) is 4.67. The second-order valence-corrected chi connectivity index (χ2v) is 7.88. The van der Waals surface area contributed by atoms with E-state index in [4.69, 9.17) is 9.47 Å². The Hall–Kier alpha value is -1.32. The van der Waals surface area contributed by atoms with Gasteiger partial charge in [-0.2, -0.15) is 0 Å². The van der Waals surface area contributed by atoms with Crippen LogP contribution in [0.5, 0.6) is 0 Å². The first-order valence-corrected chi connectivity index (χ1v) is 10.1. The van der Waals surface area contributed by atoms with E-state index in [1.165, 1.54) is 38.5 Å². The van der Waals surface area contributed by atoms with Crippen molar-refractivity contribution in [2.45, 2.75) is 71.1 Å². The molecule has 0 aliphatic heterocycles. The first-order chi connectivity index (χ1) is 12.1. The number of esters is 2. The zero-order valence-electron chi connectivity index (χ0n) is 15.7. The number of hydrogen-bond acceptors (Lipinski definition) is 4. The molecule has 0 spiro atoms. The fraction of sp³-hybridized carbons (Fsp3) is 0.810. The second kappa shape index (κ2) is 10.6. The average Bonchev–Trinajstić information content (AvgIpc) is 2.65. The molecule has 0 aromatic rings. The van der Waals surface area contributed by atoms with E-state index in [1.807, 2.05) is 0 Å². The van der Waals surface area contributed by atoms with Crippen molar-refractivity contribution in [3.63, 3.8) is 0 Å². The summed E-state index contributed by atoms with van der Waals surface area (Å²) in [5, 5.41) is 0. The SMILES string of the molecule is C=CC(=O)OCCCCOC(=O)C1CCC(C2CCC(C)CC2)CC1. The number of ether oxygens (including phenoxy) is 2. The molecule has 2 aliphatic carbocycles. The van der Waals surface area contributed by atoms with Gasteiger partial charge >= 0.3 is 11.9 Å². The maximum absolute atomic E-state index is 12.2. The van der Waals surface area contributed by atoms with Crippen LogP contribution >= 0.6 is 0 Å². The van der Waals surface area contributed by atoms with Crippen molar-refractivity contribution in [3.05, 3.63) is 12.7 Å². The molecule has 0 aromatic heterocycles. The summed E-state index contributed by atoms with van der Waals surface area (Å²) in [5.41, 5.74) is 0. The van der Waals surface area contributed by atoms with Crippen LogP contribution in [0.2, 0.25) is 0 Å². The lowest BCUT2D eigenvalue weighted by atomic mass is 9.69. The van der Waals surface area contributed by atoms with E-state index in [1.54, 1.807) is 0 Å². The molecule has 0 heterocycles. The lowest BCUT2D eigenvalue weighted by Gasteiger charge is -2.36. The molecule has 0 N–H and O–H groups in total. The summed E-state index contributed by atoms with van der Waals surface area (Å²) >= 11 is 0. The Morgan fingerprint density at radius 3 is 1.96 bits per heavy atom. The highest BCUT2D eigenvalue weighted by molar-refractivity contribution is 5.81. The molecule has 0 radical (unpaired) electrons. The summed E-state index contributed by atoms with van der Waals surface area (Å²) in [6, 6.07) is 0. The summed E-state index contributed by atoms with van der Waals surface area (Å²) in [6.45, 7) is 6.49. The Morgan fingerprint density at radius 2 is 1.40 bits per heavy atom. The van der Waals surface area contributed by atoms with Crippen LogP contribution in [0.1, 0.15) is 71.1 Å². The lowest BCUT2D eigenvalue weighted by Crippen LogP contribution is -2.29. The van der Waals surface area contributed by atoms with Crippen LogP contribution in [0.15, 0.2) is 12.7 Å². The quantitative estimate of drug-likeness (QED) is 0.362. The monoisotopic (exact) mass is 350 g/mol. The molecule has 0 atom stereocenters. The fourth-order valence-electron chi connectivity index (χ4n) is 4.31. The predicted molar refractivity (Wildman–Crippen MR) is 97.9 cm³/mol. The Labute approximate surface area is 152 Å². The van der Waals surface area contributed by atoms with E-state index in [9.17, 15) is 9.59 Å². The smallest absolute Gasteiger partial charge is 0.330 e. The van der Waals surface area contributed by atoms with Gasteiger partial charge in [0.05, 0.1) is 19.1 Å². The van der Waals surface area contributed by atoms with E-state index in [0.29, 0.717) is 19.6 Å². The van der Waals surface area contributed by atoms with Crippen molar-refractivity contribution in [1.82, 2.24) is 0 Å². The van der Waals surface area contributed by atoms with Gasteiger partial charge in [-0.1, -0.05) is 26.3 Å². The minimum Gasteiger partial charge on any atom is -0.465 e. The molecule has 2 fully saturated rings. The summed E-state index contributed by atoms with van der Waals surface area (Å²) in [7, 11) is 0. The van der Waals surface area contributed by atoms with E-state index in [2.05, 4.69) is 13.5 Å². The van der Waals surface area contributed by atoms with Gasteiger partial charge in [0.1, 0.15) is 0 Å². The number of hydrogen-bond donors (Lipinski definition) is 0. The average molecular weight is 350 g/mol. The van der Waals surface area contributed by atoms with E-state index < -0.39 is 5.97 Å². The van der Waals surface area contributed by atoms with Crippen molar-refractivity contribution < 1.29 is 19.1 Å². The van der Waals surface area contributed by atoms with Crippen LogP contribution in [0.25, 0.3) is 0 Å². The molecule has 0 amide bonds. The molecular formula is C21H34O4. The first kappa shape index (κ1) is 20.0. The van der Waals surface area contributed by atoms with Crippen LogP contribution in [0, 0.1) is 23.7 Å². The molecule has 25 heavy (non-hydrogen) atoms. The largest absolute Gasteiger partial charge is 0.465 e. The minimum atomic E-state index is -0.402. The third-order valence-electron chi connectivity index (χ3n) is 6.03. The molecule has 142 valence electrons. The Balaban J connectivity index is 1.55.